The normalized spacial score (nSPS) is 11.1. The Kier molecular flexibility index (Phi) is 7.80. The maximum Gasteiger partial charge on any atom is 0.408 e. The van der Waals surface area contributed by atoms with Crippen molar-refractivity contribution in [3.05, 3.63) is 72.1 Å². The summed E-state index contributed by atoms with van der Waals surface area (Å²) < 4.78 is 7.61. The predicted octanol–water partition coefficient (Wildman–Crippen LogP) is 5.01. The van der Waals surface area contributed by atoms with Gasteiger partial charge in [-0.15, -0.1) is 0 Å². The Morgan fingerprint density at radius 2 is 2.00 bits per heavy atom. The molecule has 0 atom stereocenters. The zero-order valence-electron chi connectivity index (χ0n) is 17.6. The third kappa shape index (κ3) is 6.22. The van der Waals surface area contributed by atoms with Gasteiger partial charge in [0.25, 0.3) is 0 Å². The molecule has 0 radical (unpaired) electrons. The summed E-state index contributed by atoms with van der Waals surface area (Å²) in [5, 5.41) is 2.97. The van der Waals surface area contributed by atoms with Crippen molar-refractivity contribution in [2.45, 2.75) is 59.0 Å². The van der Waals surface area contributed by atoms with Crippen molar-refractivity contribution < 1.29 is 14.1 Å². The van der Waals surface area contributed by atoms with E-state index in [-0.39, 0.29) is 0 Å². The van der Waals surface area contributed by atoms with Gasteiger partial charge in [-0.1, -0.05) is 49.8 Å². The standard InChI is InChI=1S/C24H32N2O2/c1-6-7-13-22-14-8-9-15-26(22)16-17-28-23(27)25-24(4,5)21-12-10-11-20(18-21)19(2)3/h8-12,14-15,18H,2,6-7,13,16-17H2,1,3-5H3/p+1. The van der Waals surface area contributed by atoms with Gasteiger partial charge in [-0.3, -0.25) is 0 Å². The topological polar surface area (TPSA) is 42.2 Å². The second-order valence-electron chi connectivity index (χ2n) is 7.74. The molecule has 0 spiro atoms. The first-order valence-corrected chi connectivity index (χ1v) is 10.0. The summed E-state index contributed by atoms with van der Waals surface area (Å²) in [6.07, 6.45) is 4.99. The van der Waals surface area contributed by atoms with Gasteiger partial charge in [-0.25, -0.2) is 4.79 Å². The summed E-state index contributed by atoms with van der Waals surface area (Å²) >= 11 is 0. The van der Waals surface area contributed by atoms with Crippen LogP contribution in [0, 0.1) is 0 Å². The summed E-state index contributed by atoms with van der Waals surface area (Å²) in [5.41, 5.74) is 3.82. The predicted molar refractivity (Wildman–Crippen MR) is 114 cm³/mol. The van der Waals surface area contributed by atoms with E-state index in [1.165, 1.54) is 5.69 Å². The fourth-order valence-electron chi connectivity index (χ4n) is 3.09. The average molecular weight is 382 g/mol. The van der Waals surface area contributed by atoms with E-state index in [9.17, 15) is 4.79 Å². The summed E-state index contributed by atoms with van der Waals surface area (Å²) in [4.78, 5) is 12.3. The van der Waals surface area contributed by atoms with Crippen molar-refractivity contribution in [1.82, 2.24) is 5.32 Å². The second kappa shape index (κ2) is 10.1. The molecule has 0 aliphatic heterocycles. The minimum Gasteiger partial charge on any atom is -0.443 e. The smallest absolute Gasteiger partial charge is 0.408 e. The van der Waals surface area contributed by atoms with Crippen LogP contribution in [-0.4, -0.2) is 12.7 Å². The highest BCUT2D eigenvalue weighted by Crippen LogP contribution is 2.23. The zero-order chi connectivity index (χ0) is 20.6. The van der Waals surface area contributed by atoms with Gasteiger partial charge in [0.2, 0.25) is 0 Å². The Labute approximate surface area is 169 Å². The number of benzene rings is 1. The van der Waals surface area contributed by atoms with Crippen molar-refractivity contribution in [3.8, 4) is 0 Å². The van der Waals surface area contributed by atoms with Gasteiger partial charge in [-0.05, 0) is 44.4 Å². The summed E-state index contributed by atoms with van der Waals surface area (Å²) in [5.74, 6) is 0. The van der Waals surface area contributed by atoms with Crippen molar-refractivity contribution in [3.63, 3.8) is 0 Å². The molecule has 4 heteroatoms. The molecule has 1 aromatic heterocycles. The van der Waals surface area contributed by atoms with Gasteiger partial charge in [0, 0.05) is 18.6 Å². The van der Waals surface area contributed by atoms with E-state index in [0.29, 0.717) is 13.2 Å². The largest absolute Gasteiger partial charge is 0.443 e. The molecule has 0 fully saturated rings. The van der Waals surface area contributed by atoms with E-state index in [1.807, 2.05) is 51.2 Å². The molecule has 1 N–H and O–H groups in total. The molecular weight excluding hydrogens is 348 g/mol. The summed E-state index contributed by atoms with van der Waals surface area (Å²) in [6, 6.07) is 14.3. The number of hydrogen-bond donors (Lipinski definition) is 1. The molecule has 0 unspecified atom stereocenters. The molecule has 1 aromatic carbocycles. The maximum atomic E-state index is 12.3. The van der Waals surface area contributed by atoms with Crippen molar-refractivity contribution in [1.29, 1.82) is 0 Å². The van der Waals surface area contributed by atoms with Crippen LogP contribution in [0.5, 0.6) is 0 Å². The Morgan fingerprint density at radius 3 is 2.71 bits per heavy atom. The van der Waals surface area contributed by atoms with Crippen LogP contribution in [0.1, 0.15) is 57.4 Å². The van der Waals surface area contributed by atoms with Gasteiger partial charge >= 0.3 is 6.09 Å². The lowest BCUT2D eigenvalue weighted by atomic mass is 9.92. The highest BCUT2D eigenvalue weighted by molar-refractivity contribution is 5.69. The van der Waals surface area contributed by atoms with Gasteiger partial charge < -0.3 is 10.1 Å². The number of nitrogens with zero attached hydrogens (tertiary/aromatic N) is 1. The van der Waals surface area contributed by atoms with Crippen molar-refractivity contribution in [2.24, 2.45) is 0 Å². The molecule has 28 heavy (non-hydrogen) atoms. The number of amides is 1. The maximum absolute atomic E-state index is 12.3. The lowest BCUT2D eigenvalue weighted by Gasteiger charge is -2.27. The van der Waals surface area contributed by atoms with Gasteiger partial charge in [-0.2, -0.15) is 4.57 Å². The first kappa shape index (κ1) is 21.7. The third-order valence-electron chi connectivity index (χ3n) is 4.88. The molecule has 4 nitrogen and oxygen atoms in total. The van der Waals surface area contributed by atoms with Crippen molar-refractivity contribution >= 4 is 11.7 Å². The number of rotatable bonds is 9. The minimum atomic E-state index is -0.533. The van der Waals surface area contributed by atoms with E-state index in [1.54, 1.807) is 0 Å². The monoisotopic (exact) mass is 381 g/mol. The fraction of sp³-hybridized carbons (Fsp3) is 0.417. The molecule has 0 bridgehead atoms. The number of ether oxygens (including phenoxy) is 1. The second-order valence-corrected chi connectivity index (χ2v) is 7.74. The van der Waals surface area contributed by atoms with E-state index in [0.717, 1.165) is 36.0 Å². The van der Waals surface area contributed by atoms with Crippen LogP contribution in [0.4, 0.5) is 4.79 Å². The summed E-state index contributed by atoms with van der Waals surface area (Å²) in [7, 11) is 0. The lowest BCUT2D eigenvalue weighted by molar-refractivity contribution is -0.705. The van der Waals surface area contributed by atoms with Crippen LogP contribution in [0.25, 0.3) is 5.57 Å². The van der Waals surface area contributed by atoms with Crippen LogP contribution in [0.3, 0.4) is 0 Å². The Bertz CT molecular complexity index is 812. The number of unbranched alkanes of at least 4 members (excludes halogenated alkanes) is 1. The van der Waals surface area contributed by atoms with Gasteiger partial charge in [0.05, 0.1) is 5.54 Å². The molecule has 1 heterocycles. The van der Waals surface area contributed by atoms with E-state index < -0.39 is 11.6 Å². The number of alkyl carbamates (subject to hydrolysis) is 1. The zero-order valence-corrected chi connectivity index (χ0v) is 17.6. The number of aromatic nitrogens is 1. The molecule has 0 aliphatic rings. The van der Waals surface area contributed by atoms with Crippen LogP contribution >= 0.6 is 0 Å². The van der Waals surface area contributed by atoms with Crippen LogP contribution in [0.15, 0.2) is 55.2 Å². The van der Waals surface area contributed by atoms with Gasteiger partial charge in [0.15, 0.2) is 25.0 Å². The Hall–Kier alpha value is -2.62. The fourth-order valence-corrected chi connectivity index (χ4v) is 3.09. The SMILES string of the molecule is C=C(C)c1cccc(C(C)(C)NC(=O)OCC[n+]2ccccc2CCCC)c1. The average Bonchev–Trinajstić information content (AvgIpc) is 2.67. The summed E-state index contributed by atoms with van der Waals surface area (Å²) in [6.45, 7) is 13.1. The minimum absolute atomic E-state index is 0.335. The van der Waals surface area contributed by atoms with Crippen molar-refractivity contribution in [2.75, 3.05) is 6.61 Å². The molecule has 150 valence electrons. The van der Waals surface area contributed by atoms with Crippen LogP contribution in [-0.2, 0) is 23.2 Å². The third-order valence-corrected chi connectivity index (χ3v) is 4.88. The van der Waals surface area contributed by atoms with E-state index in [2.05, 4.69) is 41.6 Å². The van der Waals surface area contributed by atoms with E-state index in [4.69, 9.17) is 4.74 Å². The molecule has 0 saturated heterocycles. The Morgan fingerprint density at radius 1 is 1.21 bits per heavy atom. The molecule has 2 rings (SSSR count). The number of carbonyl (C=O) groups excluding carboxylic acids is 1. The molecular formula is C24H33N2O2+. The number of allylic oxidation sites excluding steroid dienone is 1. The highest BCUT2D eigenvalue weighted by Gasteiger charge is 2.24. The molecule has 0 saturated carbocycles. The number of aryl methyl sites for hydroxylation is 1. The molecule has 2 aromatic rings. The van der Waals surface area contributed by atoms with Crippen LogP contribution < -0.4 is 9.88 Å². The molecule has 1 amide bonds. The number of pyridine rings is 1. The quantitative estimate of drug-likeness (QED) is 0.620. The number of carbonyl (C=O) groups is 1. The lowest BCUT2D eigenvalue weighted by Crippen LogP contribution is -2.44. The molecule has 0 aliphatic carbocycles. The number of hydrogen-bond acceptors (Lipinski definition) is 2. The van der Waals surface area contributed by atoms with Gasteiger partial charge in [0.1, 0.15) is 0 Å². The Balaban J connectivity index is 1.92. The first-order valence-electron chi connectivity index (χ1n) is 10.0. The van der Waals surface area contributed by atoms with E-state index >= 15 is 0 Å². The van der Waals surface area contributed by atoms with Crippen LogP contribution in [0.2, 0.25) is 0 Å². The first-order chi connectivity index (χ1) is 13.3. The number of nitrogens with one attached hydrogen (secondary N) is 1. The highest BCUT2D eigenvalue weighted by atomic mass is 16.5.